The van der Waals surface area contributed by atoms with Crippen molar-refractivity contribution in [3.05, 3.63) is 35.4 Å². The smallest absolute Gasteiger partial charge is 0.226 e. The topological polar surface area (TPSA) is 46.3 Å². The third kappa shape index (κ3) is 3.04. The molecular formula is C17H26N2O. The zero-order chi connectivity index (χ0) is 14.9. The summed E-state index contributed by atoms with van der Waals surface area (Å²) in [5.41, 5.74) is 8.62. The maximum atomic E-state index is 12.7. The van der Waals surface area contributed by atoms with Crippen LogP contribution in [0, 0.1) is 12.8 Å². The van der Waals surface area contributed by atoms with Crippen LogP contribution >= 0.6 is 0 Å². The molecular weight excluding hydrogens is 248 g/mol. The largest absolute Gasteiger partial charge is 0.343 e. The van der Waals surface area contributed by atoms with E-state index in [1.54, 1.807) is 0 Å². The van der Waals surface area contributed by atoms with Crippen molar-refractivity contribution in [1.82, 2.24) is 4.90 Å². The highest BCUT2D eigenvalue weighted by molar-refractivity contribution is 5.80. The molecule has 1 amide bonds. The minimum atomic E-state index is 0.0279. The third-order valence-corrected chi connectivity index (χ3v) is 4.54. The summed E-state index contributed by atoms with van der Waals surface area (Å²) in [6.45, 7) is 6.18. The van der Waals surface area contributed by atoms with Gasteiger partial charge in [-0.25, -0.2) is 0 Å². The van der Waals surface area contributed by atoms with Gasteiger partial charge in [0.2, 0.25) is 5.91 Å². The summed E-state index contributed by atoms with van der Waals surface area (Å²) >= 11 is 0. The van der Waals surface area contributed by atoms with Gasteiger partial charge in [0.05, 0.1) is 0 Å². The predicted octanol–water partition coefficient (Wildman–Crippen LogP) is 2.68. The summed E-state index contributed by atoms with van der Waals surface area (Å²) in [5.74, 6) is 0.526. The molecule has 1 fully saturated rings. The lowest BCUT2D eigenvalue weighted by Crippen LogP contribution is -2.38. The van der Waals surface area contributed by atoms with Crippen molar-refractivity contribution in [2.75, 3.05) is 7.05 Å². The van der Waals surface area contributed by atoms with E-state index in [9.17, 15) is 4.79 Å². The number of nitrogens with two attached hydrogens (primary N) is 1. The van der Waals surface area contributed by atoms with E-state index in [0.29, 0.717) is 0 Å². The van der Waals surface area contributed by atoms with E-state index in [0.717, 1.165) is 12.8 Å². The van der Waals surface area contributed by atoms with Gasteiger partial charge in [-0.2, -0.15) is 0 Å². The highest BCUT2D eigenvalue weighted by atomic mass is 16.2. The molecule has 0 spiro atoms. The van der Waals surface area contributed by atoms with Gasteiger partial charge >= 0.3 is 0 Å². The zero-order valence-corrected chi connectivity index (χ0v) is 13.0. The first-order valence-corrected chi connectivity index (χ1v) is 7.49. The van der Waals surface area contributed by atoms with Gasteiger partial charge in [-0.1, -0.05) is 29.8 Å². The van der Waals surface area contributed by atoms with Crippen LogP contribution in [0.2, 0.25) is 0 Å². The minimum absolute atomic E-state index is 0.0279. The molecule has 2 N–H and O–H groups in total. The van der Waals surface area contributed by atoms with Crippen molar-refractivity contribution in [1.29, 1.82) is 0 Å². The fourth-order valence-electron chi connectivity index (χ4n) is 3.05. The van der Waals surface area contributed by atoms with Crippen LogP contribution in [0.15, 0.2) is 24.3 Å². The fraction of sp³-hybridized carbons (Fsp3) is 0.588. The highest BCUT2D eigenvalue weighted by Gasteiger charge is 2.39. The zero-order valence-electron chi connectivity index (χ0n) is 13.0. The van der Waals surface area contributed by atoms with Crippen molar-refractivity contribution in [3.8, 4) is 0 Å². The van der Waals surface area contributed by atoms with Crippen LogP contribution in [0.3, 0.4) is 0 Å². The second-order valence-corrected chi connectivity index (χ2v) is 6.40. The average Bonchev–Trinajstić information content (AvgIpc) is 2.79. The number of carbonyl (C=O) groups is 1. The number of hydrogen-bond donors (Lipinski definition) is 1. The van der Waals surface area contributed by atoms with Crippen LogP contribution in [0.25, 0.3) is 0 Å². The summed E-state index contributed by atoms with van der Waals surface area (Å²) < 4.78 is 0. The first-order chi connectivity index (χ1) is 9.40. The Hall–Kier alpha value is -1.35. The van der Waals surface area contributed by atoms with E-state index in [1.807, 2.05) is 25.8 Å². The molecule has 1 saturated carbocycles. The lowest BCUT2D eigenvalue weighted by Gasteiger charge is -2.28. The monoisotopic (exact) mass is 274 g/mol. The molecule has 1 aliphatic carbocycles. The molecule has 0 bridgehead atoms. The van der Waals surface area contributed by atoms with E-state index in [1.165, 1.54) is 11.1 Å². The lowest BCUT2D eigenvalue weighted by molar-refractivity contribution is -0.136. The molecule has 0 saturated heterocycles. The summed E-state index contributed by atoms with van der Waals surface area (Å²) in [7, 11) is 1.89. The molecule has 0 heterocycles. The molecule has 110 valence electrons. The van der Waals surface area contributed by atoms with Crippen LogP contribution in [0.4, 0.5) is 0 Å². The number of benzene rings is 1. The van der Waals surface area contributed by atoms with Gasteiger partial charge in [0.1, 0.15) is 0 Å². The van der Waals surface area contributed by atoms with Crippen LogP contribution in [0.1, 0.15) is 43.7 Å². The maximum absolute atomic E-state index is 12.7. The summed E-state index contributed by atoms with van der Waals surface area (Å²) in [6.07, 6.45) is 1.71. The molecule has 3 heteroatoms. The Morgan fingerprint density at radius 2 is 1.85 bits per heavy atom. The Labute approximate surface area is 122 Å². The Kier molecular flexibility index (Phi) is 4.48. The number of carbonyl (C=O) groups excluding carboxylic acids is 1. The van der Waals surface area contributed by atoms with Gasteiger partial charge in [0, 0.05) is 25.0 Å². The molecule has 0 radical (unpaired) electrons. The molecule has 1 aromatic carbocycles. The van der Waals surface area contributed by atoms with Gasteiger partial charge in [0.25, 0.3) is 0 Å². The number of aryl methyl sites for hydroxylation is 1. The molecule has 0 aliphatic heterocycles. The van der Waals surface area contributed by atoms with E-state index in [2.05, 4.69) is 31.2 Å². The summed E-state index contributed by atoms with van der Waals surface area (Å²) in [5, 5.41) is 0. The number of hydrogen-bond acceptors (Lipinski definition) is 2. The van der Waals surface area contributed by atoms with E-state index < -0.39 is 0 Å². The first kappa shape index (κ1) is 15.0. The lowest BCUT2D eigenvalue weighted by atomic mass is 9.87. The van der Waals surface area contributed by atoms with Crippen molar-refractivity contribution >= 4 is 5.91 Å². The third-order valence-electron chi connectivity index (χ3n) is 4.54. The van der Waals surface area contributed by atoms with Gasteiger partial charge in [-0.05, 0) is 45.1 Å². The standard InChI is InChI=1S/C17H26N2O/c1-11(2)19(4)17(20)16-10-14(18)9-15(16)13-7-5-12(3)6-8-13/h5-8,11,14-16H,9-10,18H2,1-4H3/t14-,15+,16-/m1/s1. The van der Waals surface area contributed by atoms with Gasteiger partial charge in [0.15, 0.2) is 0 Å². The van der Waals surface area contributed by atoms with Crippen molar-refractivity contribution in [2.24, 2.45) is 11.7 Å². The minimum Gasteiger partial charge on any atom is -0.343 e. The van der Waals surface area contributed by atoms with Crippen LogP contribution < -0.4 is 5.73 Å². The molecule has 1 aliphatic rings. The molecule has 2 rings (SSSR count). The normalized spacial score (nSPS) is 26.0. The van der Waals surface area contributed by atoms with Crippen LogP contribution in [-0.4, -0.2) is 29.9 Å². The summed E-state index contributed by atoms with van der Waals surface area (Å²) in [4.78, 5) is 14.5. The average molecular weight is 274 g/mol. The van der Waals surface area contributed by atoms with Crippen LogP contribution in [-0.2, 0) is 4.79 Å². The Morgan fingerprint density at radius 1 is 1.25 bits per heavy atom. The highest BCUT2D eigenvalue weighted by Crippen LogP contribution is 2.40. The quantitative estimate of drug-likeness (QED) is 0.921. The van der Waals surface area contributed by atoms with Crippen molar-refractivity contribution < 1.29 is 4.79 Å². The second-order valence-electron chi connectivity index (χ2n) is 6.40. The fourth-order valence-corrected chi connectivity index (χ4v) is 3.05. The van der Waals surface area contributed by atoms with Crippen LogP contribution in [0.5, 0.6) is 0 Å². The van der Waals surface area contributed by atoms with Crippen molar-refractivity contribution in [3.63, 3.8) is 0 Å². The van der Waals surface area contributed by atoms with Gasteiger partial charge < -0.3 is 10.6 Å². The molecule has 0 unspecified atom stereocenters. The van der Waals surface area contributed by atoms with Crippen molar-refractivity contribution in [2.45, 2.75) is 51.6 Å². The number of amides is 1. The first-order valence-electron chi connectivity index (χ1n) is 7.49. The molecule has 1 aromatic rings. The number of rotatable bonds is 3. The summed E-state index contributed by atoms with van der Waals surface area (Å²) in [6, 6.07) is 8.90. The maximum Gasteiger partial charge on any atom is 0.226 e. The van der Waals surface area contributed by atoms with E-state index in [4.69, 9.17) is 5.73 Å². The van der Waals surface area contributed by atoms with Gasteiger partial charge in [-0.15, -0.1) is 0 Å². The molecule has 20 heavy (non-hydrogen) atoms. The Bertz CT molecular complexity index is 466. The molecule has 0 aromatic heterocycles. The Morgan fingerprint density at radius 3 is 2.40 bits per heavy atom. The number of nitrogens with zero attached hydrogens (tertiary/aromatic N) is 1. The molecule has 3 atom stereocenters. The molecule has 3 nitrogen and oxygen atoms in total. The SMILES string of the molecule is Cc1ccc([C@@H]2C[C@@H](N)C[C@H]2C(=O)N(C)C(C)C)cc1. The van der Waals surface area contributed by atoms with E-state index >= 15 is 0 Å². The predicted molar refractivity (Wildman–Crippen MR) is 82.5 cm³/mol. The van der Waals surface area contributed by atoms with E-state index in [-0.39, 0.29) is 29.8 Å². The second kappa shape index (κ2) is 5.96. The Balaban J connectivity index is 2.22. The van der Waals surface area contributed by atoms with Gasteiger partial charge in [-0.3, -0.25) is 4.79 Å².